The molecule has 1 unspecified atom stereocenters. The lowest BCUT2D eigenvalue weighted by Crippen LogP contribution is -2.45. The minimum Gasteiger partial charge on any atom is -0.444 e. The Morgan fingerprint density at radius 3 is 2.60 bits per heavy atom. The van der Waals surface area contributed by atoms with Gasteiger partial charge < -0.3 is 20.7 Å². The zero-order chi connectivity index (χ0) is 25.0. The Hall–Kier alpha value is -3.72. The van der Waals surface area contributed by atoms with Crippen LogP contribution in [0, 0.1) is 0 Å². The molecule has 4 aromatic rings. The highest BCUT2D eigenvalue weighted by atomic mass is 32.1. The average Bonchev–Trinajstić information content (AvgIpc) is 3.26. The van der Waals surface area contributed by atoms with Crippen LogP contribution in [-0.4, -0.2) is 40.2 Å². The van der Waals surface area contributed by atoms with Gasteiger partial charge in [0.1, 0.15) is 5.60 Å². The van der Waals surface area contributed by atoms with Crippen molar-refractivity contribution in [2.45, 2.75) is 45.8 Å². The van der Waals surface area contributed by atoms with Gasteiger partial charge in [-0.15, -0.1) is 11.3 Å². The van der Waals surface area contributed by atoms with E-state index in [0.29, 0.717) is 23.8 Å². The van der Waals surface area contributed by atoms with Crippen molar-refractivity contribution in [3.8, 4) is 0 Å². The van der Waals surface area contributed by atoms with Gasteiger partial charge in [-0.25, -0.2) is 14.8 Å². The van der Waals surface area contributed by atoms with Gasteiger partial charge in [0, 0.05) is 39.9 Å². The molecule has 0 bridgehead atoms. The third kappa shape index (κ3) is 6.24. The van der Waals surface area contributed by atoms with Crippen molar-refractivity contribution in [2.24, 2.45) is 0 Å². The first-order valence-electron chi connectivity index (χ1n) is 11.5. The number of carbonyl (C=O) groups excluding carboxylic acids is 2. The molecule has 0 saturated carbocycles. The van der Waals surface area contributed by atoms with Crippen LogP contribution in [-0.2, 0) is 4.74 Å². The number of nitrogens with one attached hydrogen (secondary N) is 3. The van der Waals surface area contributed by atoms with Crippen LogP contribution in [0.25, 0.3) is 21.0 Å². The summed E-state index contributed by atoms with van der Waals surface area (Å²) in [7, 11) is 0. The molecular weight excluding hydrogens is 462 g/mol. The summed E-state index contributed by atoms with van der Waals surface area (Å²) in [5.41, 5.74) is 1.10. The van der Waals surface area contributed by atoms with E-state index in [1.54, 1.807) is 6.20 Å². The number of benzene rings is 2. The van der Waals surface area contributed by atoms with E-state index in [2.05, 4.69) is 20.9 Å². The zero-order valence-electron chi connectivity index (χ0n) is 20.2. The number of carbonyl (C=O) groups is 2. The highest BCUT2D eigenvalue weighted by molar-refractivity contribution is 7.21. The number of aromatic nitrogens is 2. The van der Waals surface area contributed by atoms with E-state index >= 15 is 0 Å². The molecule has 0 aliphatic rings. The quantitative estimate of drug-likeness (QED) is 0.310. The molecule has 35 heavy (non-hydrogen) atoms. The third-order valence-electron chi connectivity index (χ3n) is 5.22. The second kappa shape index (κ2) is 10.3. The number of fused-ring (bicyclic) bond motifs is 3. The van der Waals surface area contributed by atoms with Crippen molar-refractivity contribution >= 4 is 56.0 Å². The van der Waals surface area contributed by atoms with Crippen LogP contribution >= 0.6 is 11.3 Å². The fourth-order valence-corrected chi connectivity index (χ4v) is 4.49. The molecule has 0 radical (unpaired) electrons. The number of alkyl carbamates (subject to hydrolysis) is 1. The second-order valence-electron chi connectivity index (χ2n) is 9.17. The minimum absolute atomic E-state index is 0.194. The molecule has 1 atom stereocenters. The molecule has 4 rings (SSSR count). The number of para-hydroxylation sites is 1. The standard InChI is InChI=1S/C26H29N5O3S/c1-5-17(30-25(33)34-26(2,3)4)15-27-23(32)21-13-19-20(35-21)12-11-16-14-28-24(31-22(16)19)29-18-9-7-6-8-10-18/h6-14,17H,5,15H2,1-4H3,(H,27,32)(H,30,33)(H,28,29,31). The van der Waals surface area contributed by atoms with Gasteiger partial charge in [0.25, 0.3) is 5.91 Å². The zero-order valence-corrected chi connectivity index (χ0v) is 21.0. The van der Waals surface area contributed by atoms with Gasteiger partial charge in [0.2, 0.25) is 5.95 Å². The van der Waals surface area contributed by atoms with Gasteiger partial charge in [-0.3, -0.25) is 4.79 Å². The van der Waals surface area contributed by atoms with Crippen molar-refractivity contribution < 1.29 is 14.3 Å². The number of amides is 2. The van der Waals surface area contributed by atoms with Crippen LogP contribution < -0.4 is 16.0 Å². The Bertz CT molecular complexity index is 1350. The SMILES string of the molecule is CCC(CNC(=O)c1cc2c(ccc3cnc(Nc4ccccc4)nc32)s1)NC(=O)OC(C)(C)C. The summed E-state index contributed by atoms with van der Waals surface area (Å²) in [6.45, 7) is 7.68. The third-order valence-corrected chi connectivity index (χ3v) is 6.32. The summed E-state index contributed by atoms with van der Waals surface area (Å²) < 4.78 is 6.28. The molecule has 2 aromatic carbocycles. The Kier molecular flexibility index (Phi) is 7.16. The first-order chi connectivity index (χ1) is 16.7. The van der Waals surface area contributed by atoms with Gasteiger partial charge in [0.05, 0.1) is 10.4 Å². The number of nitrogens with zero attached hydrogens (tertiary/aromatic N) is 2. The van der Waals surface area contributed by atoms with Crippen LogP contribution in [0.5, 0.6) is 0 Å². The molecule has 0 saturated heterocycles. The lowest BCUT2D eigenvalue weighted by molar-refractivity contribution is 0.0500. The summed E-state index contributed by atoms with van der Waals surface area (Å²) in [4.78, 5) is 34.7. The molecule has 182 valence electrons. The van der Waals surface area contributed by atoms with Crippen LogP contribution in [0.15, 0.2) is 54.7 Å². The molecule has 2 heterocycles. The number of hydrogen-bond donors (Lipinski definition) is 3. The Labute approximate surface area is 208 Å². The van der Waals surface area contributed by atoms with Crippen LogP contribution in [0.2, 0.25) is 0 Å². The fraction of sp³-hybridized carbons (Fsp3) is 0.308. The van der Waals surface area contributed by atoms with Gasteiger partial charge in [-0.05, 0) is 57.5 Å². The van der Waals surface area contributed by atoms with Crippen LogP contribution in [0.1, 0.15) is 43.8 Å². The number of rotatable bonds is 7. The average molecular weight is 492 g/mol. The van der Waals surface area contributed by atoms with Crippen molar-refractivity contribution in [3.05, 3.63) is 59.6 Å². The molecule has 2 amide bonds. The maximum Gasteiger partial charge on any atom is 0.407 e. The molecule has 0 aliphatic heterocycles. The van der Waals surface area contributed by atoms with E-state index in [9.17, 15) is 9.59 Å². The van der Waals surface area contributed by atoms with Gasteiger partial charge in [-0.1, -0.05) is 25.1 Å². The highest BCUT2D eigenvalue weighted by Crippen LogP contribution is 2.31. The largest absolute Gasteiger partial charge is 0.444 e. The fourth-order valence-electron chi connectivity index (χ4n) is 3.51. The van der Waals surface area contributed by atoms with E-state index < -0.39 is 11.7 Å². The summed E-state index contributed by atoms with van der Waals surface area (Å²) in [5, 5.41) is 10.7. The van der Waals surface area contributed by atoms with E-state index in [0.717, 1.165) is 26.7 Å². The minimum atomic E-state index is -0.578. The van der Waals surface area contributed by atoms with Crippen molar-refractivity contribution in [2.75, 3.05) is 11.9 Å². The monoisotopic (exact) mass is 491 g/mol. The lowest BCUT2D eigenvalue weighted by Gasteiger charge is -2.23. The smallest absolute Gasteiger partial charge is 0.407 e. The number of anilines is 2. The normalized spacial score (nSPS) is 12.3. The molecular formula is C26H29N5O3S. The molecule has 9 heteroatoms. The summed E-state index contributed by atoms with van der Waals surface area (Å²) in [6.07, 6.45) is 1.94. The summed E-state index contributed by atoms with van der Waals surface area (Å²) >= 11 is 1.41. The number of hydrogen-bond acceptors (Lipinski definition) is 7. The van der Waals surface area contributed by atoms with Gasteiger partial charge >= 0.3 is 6.09 Å². The second-order valence-corrected chi connectivity index (χ2v) is 10.3. The predicted molar refractivity (Wildman–Crippen MR) is 140 cm³/mol. The molecule has 0 aliphatic carbocycles. The highest BCUT2D eigenvalue weighted by Gasteiger charge is 2.20. The topological polar surface area (TPSA) is 105 Å². The lowest BCUT2D eigenvalue weighted by atomic mass is 10.1. The summed E-state index contributed by atoms with van der Waals surface area (Å²) in [6, 6.07) is 15.3. The number of thiophene rings is 1. The predicted octanol–water partition coefficient (Wildman–Crippen LogP) is 5.62. The van der Waals surface area contributed by atoms with E-state index in [1.165, 1.54) is 11.3 Å². The molecule has 0 fully saturated rings. The maximum atomic E-state index is 12.9. The Balaban J connectivity index is 1.49. The molecule has 0 spiro atoms. The van der Waals surface area contributed by atoms with E-state index in [-0.39, 0.29) is 11.9 Å². The van der Waals surface area contributed by atoms with Crippen LogP contribution in [0.3, 0.4) is 0 Å². The molecule has 2 aromatic heterocycles. The van der Waals surface area contributed by atoms with Crippen molar-refractivity contribution in [1.29, 1.82) is 0 Å². The van der Waals surface area contributed by atoms with Gasteiger partial charge in [-0.2, -0.15) is 0 Å². The Morgan fingerprint density at radius 2 is 1.89 bits per heavy atom. The van der Waals surface area contributed by atoms with Gasteiger partial charge in [0.15, 0.2) is 0 Å². The van der Waals surface area contributed by atoms with Crippen molar-refractivity contribution in [1.82, 2.24) is 20.6 Å². The van der Waals surface area contributed by atoms with E-state index in [1.807, 2.05) is 76.2 Å². The molecule has 8 nitrogen and oxygen atoms in total. The first-order valence-corrected chi connectivity index (χ1v) is 12.3. The maximum absolute atomic E-state index is 12.9. The van der Waals surface area contributed by atoms with Crippen molar-refractivity contribution in [3.63, 3.8) is 0 Å². The summed E-state index contributed by atoms with van der Waals surface area (Å²) in [5.74, 6) is 0.299. The number of ether oxygens (including phenoxy) is 1. The van der Waals surface area contributed by atoms with Crippen LogP contribution in [0.4, 0.5) is 16.4 Å². The van der Waals surface area contributed by atoms with E-state index in [4.69, 9.17) is 9.72 Å². The molecule has 3 N–H and O–H groups in total. The Morgan fingerprint density at radius 1 is 1.11 bits per heavy atom. The first kappa shape index (κ1) is 24.4.